The van der Waals surface area contributed by atoms with E-state index in [-0.39, 0.29) is 6.54 Å². The van der Waals surface area contributed by atoms with Crippen molar-refractivity contribution in [2.24, 2.45) is 5.73 Å². The molecular weight excluding hydrogens is 230 g/mol. The molecule has 0 fully saturated rings. The summed E-state index contributed by atoms with van der Waals surface area (Å²) in [6, 6.07) is 0. The zero-order valence-electron chi connectivity index (χ0n) is 7.69. The molecule has 0 spiro atoms. The first-order valence-corrected chi connectivity index (χ1v) is 7.29. The Morgan fingerprint density at radius 1 is 1.31 bits per heavy atom. The van der Waals surface area contributed by atoms with E-state index in [2.05, 4.69) is 0 Å². The second-order valence-corrected chi connectivity index (χ2v) is 7.78. The number of hydrogen-bond acceptors (Lipinski definition) is 5. The average molecular weight is 245 g/mol. The molecule has 0 radical (unpaired) electrons. The van der Waals surface area contributed by atoms with E-state index in [1.807, 2.05) is 13.8 Å². The molecule has 0 aromatic rings. The second-order valence-electron chi connectivity index (χ2n) is 2.23. The standard InChI is InChI=1S/C6H15NO3S3/c1-3-11-6(5-7,12-4-2)13(8,9)10/h3-5,7H2,1-2H3,(H,8,9,10). The van der Waals surface area contributed by atoms with Crippen molar-refractivity contribution in [3.05, 3.63) is 0 Å². The van der Waals surface area contributed by atoms with Crippen LogP contribution in [0.15, 0.2) is 0 Å². The van der Waals surface area contributed by atoms with E-state index in [0.29, 0.717) is 11.5 Å². The number of rotatable bonds is 6. The fraction of sp³-hybridized carbons (Fsp3) is 1.00. The summed E-state index contributed by atoms with van der Waals surface area (Å²) in [4.78, 5) is 0. The molecule has 0 amide bonds. The predicted molar refractivity (Wildman–Crippen MR) is 59.6 cm³/mol. The molecular formula is C6H15NO3S3. The van der Waals surface area contributed by atoms with Crippen LogP contribution in [0, 0.1) is 0 Å². The molecule has 0 saturated carbocycles. The monoisotopic (exact) mass is 245 g/mol. The lowest BCUT2D eigenvalue weighted by Crippen LogP contribution is -2.39. The van der Waals surface area contributed by atoms with Crippen LogP contribution in [0.2, 0.25) is 0 Å². The molecule has 4 nitrogen and oxygen atoms in total. The number of nitrogens with two attached hydrogens (primary N) is 1. The quantitative estimate of drug-likeness (QED) is 0.536. The van der Waals surface area contributed by atoms with Gasteiger partial charge in [-0.1, -0.05) is 13.8 Å². The molecule has 0 bridgehead atoms. The lowest BCUT2D eigenvalue weighted by Gasteiger charge is -2.26. The van der Waals surface area contributed by atoms with Gasteiger partial charge in [0.25, 0.3) is 10.1 Å². The van der Waals surface area contributed by atoms with Crippen LogP contribution >= 0.6 is 23.5 Å². The molecule has 3 N–H and O–H groups in total. The highest BCUT2D eigenvalue weighted by Gasteiger charge is 2.42. The maximum atomic E-state index is 11.1. The summed E-state index contributed by atoms with van der Waals surface area (Å²) in [7, 11) is -4.10. The van der Waals surface area contributed by atoms with Gasteiger partial charge in [0.15, 0.2) is 3.41 Å². The molecule has 0 unspecified atom stereocenters. The van der Waals surface area contributed by atoms with Crippen molar-refractivity contribution in [1.82, 2.24) is 0 Å². The molecule has 0 aliphatic carbocycles. The van der Waals surface area contributed by atoms with Crippen LogP contribution in [0.5, 0.6) is 0 Å². The van der Waals surface area contributed by atoms with Gasteiger partial charge in [0.1, 0.15) is 0 Å². The fourth-order valence-electron chi connectivity index (χ4n) is 0.854. The minimum Gasteiger partial charge on any atom is -0.327 e. The highest BCUT2D eigenvalue weighted by atomic mass is 32.3. The molecule has 0 heterocycles. The zero-order valence-corrected chi connectivity index (χ0v) is 10.1. The minimum atomic E-state index is -4.10. The number of thioether (sulfide) groups is 2. The molecule has 0 saturated heterocycles. The summed E-state index contributed by atoms with van der Waals surface area (Å²) < 4.78 is 30.0. The molecule has 0 aliphatic heterocycles. The van der Waals surface area contributed by atoms with Gasteiger partial charge in [0.2, 0.25) is 0 Å². The third kappa shape index (κ3) is 3.32. The first kappa shape index (κ1) is 13.6. The molecule has 7 heteroatoms. The summed E-state index contributed by atoms with van der Waals surface area (Å²) >= 11 is 2.31. The van der Waals surface area contributed by atoms with E-state index in [1.54, 1.807) is 0 Å². The van der Waals surface area contributed by atoms with Crippen LogP contribution in [0.1, 0.15) is 13.8 Å². The van der Waals surface area contributed by atoms with Crippen LogP contribution in [0.4, 0.5) is 0 Å². The Kier molecular flexibility index (Phi) is 5.69. The van der Waals surface area contributed by atoms with Gasteiger partial charge in [-0.25, -0.2) is 0 Å². The Balaban J connectivity index is 4.86. The van der Waals surface area contributed by atoms with E-state index >= 15 is 0 Å². The highest BCUT2D eigenvalue weighted by Crippen LogP contribution is 2.40. The van der Waals surface area contributed by atoms with E-state index in [4.69, 9.17) is 10.3 Å². The van der Waals surface area contributed by atoms with Gasteiger partial charge in [-0.15, -0.1) is 23.5 Å². The molecule has 80 valence electrons. The third-order valence-electron chi connectivity index (χ3n) is 1.37. The fourth-order valence-corrected chi connectivity index (χ4v) is 5.12. The molecule has 0 aromatic heterocycles. The number of hydrogen-bond donors (Lipinski definition) is 2. The van der Waals surface area contributed by atoms with Gasteiger partial charge < -0.3 is 5.73 Å². The lowest BCUT2D eigenvalue weighted by atomic mass is 10.8. The topological polar surface area (TPSA) is 80.4 Å². The van der Waals surface area contributed by atoms with Crippen molar-refractivity contribution in [3.8, 4) is 0 Å². The first-order valence-electron chi connectivity index (χ1n) is 3.88. The van der Waals surface area contributed by atoms with Crippen molar-refractivity contribution < 1.29 is 13.0 Å². The van der Waals surface area contributed by atoms with Crippen LogP contribution in [-0.2, 0) is 10.1 Å². The van der Waals surface area contributed by atoms with E-state index in [0.717, 1.165) is 23.5 Å². The second kappa shape index (κ2) is 5.45. The molecule has 0 rings (SSSR count). The Morgan fingerprint density at radius 3 is 1.85 bits per heavy atom. The van der Waals surface area contributed by atoms with Crippen LogP contribution in [0.3, 0.4) is 0 Å². The molecule has 0 aliphatic rings. The SMILES string of the molecule is CCSC(CN)(SCC)S(=O)(=O)O. The molecule has 13 heavy (non-hydrogen) atoms. The largest absolute Gasteiger partial charge is 0.327 e. The van der Waals surface area contributed by atoms with E-state index in [1.165, 1.54) is 0 Å². The van der Waals surface area contributed by atoms with E-state index in [9.17, 15) is 8.42 Å². The van der Waals surface area contributed by atoms with Gasteiger partial charge in [-0.3, -0.25) is 4.55 Å². The van der Waals surface area contributed by atoms with Crippen LogP contribution < -0.4 is 5.73 Å². The third-order valence-corrected chi connectivity index (χ3v) is 6.79. The first-order chi connectivity index (χ1) is 5.93. The maximum absolute atomic E-state index is 11.1. The van der Waals surface area contributed by atoms with Gasteiger partial charge in [0, 0.05) is 6.54 Å². The zero-order chi connectivity index (χ0) is 10.5. The highest BCUT2D eigenvalue weighted by molar-refractivity contribution is 8.30. The normalized spacial score (nSPS) is 13.2. The van der Waals surface area contributed by atoms with Gasteiger partial charge in [-0.2, -0.15) is 8.42 Å². The summed E-state index contributed by atoms with van der Waals surface area (Å²) in [6.45, 7) is 3.58. The molecule has 0 atom stereocenters. The Labute approximate surface area is 87.8 Å². The summed E-state index contributed by atoms with van der Waals surface area (Å²) in [6.07, 6.45) is 0. The Bertz CT molecular complexity index is 234. The summed E-state index contributed by atoms with van der Waals surface area (Å²) in [5.74, 6) is 1.20. The van der Waals surface area contributed by atoms with Gasteiger partial charge in [-0.05, 0) is 11.5 Å². The average Bonchev–Trinajstić information content (AvgIpc) is 2.02. The van der Waals surface area contributed by atoms with E-state index < -0.39 is 13.5 Å². The smallest absolute Gasteiger partial charge is 0.291 e. The molecule has 0 aromatic carbocycles. The lowest BCUT2D eigenvalue weighted by molar-refractivity contribution is 0.476. The van der Waals surface area contributed by atoms with Crippen molar-refractivity contribution in [2.45, 2.75) is 17.3 Å². The Hall–Kier alpha value is 0.570. The Morgan fingerprint density at radius 2 is 1.69 bits per heavy atom. The van der Waals surface area contributed by atoms with Crippen LogP contribution in [-0.4, -0.2) is 34.4 Å². The van der Waals surface area contributed by atoms with Crippen LogP contribution in [0.25, 0.3) is 0 Å². The van der Waals surface area contributed by atoms with Crippen molar-refractivity contribution in [3.63, 3.8) is 0 Å². The van der Waals surface area contributed by atoms with Gasteiger partial charge in [0.05, 0.1) is 0 Å². The predicted octanol–water partition coefficient (Wildman–Crippen LogP) is 0.993. The van der Waals surface area contributed by atoms with Crippen molar-refractivity contribution in [1.29, 1.82) is 0 Å². The summed E-state index contributed by atoms with van der Waals surface area (Å²) in [5, 5.41) is 0. The summed E-state index contributed by atoms with van der Waals surface area (Å²) in [5.41, 5.74) is 5.39. The van der Waals surface area contributed by atoms with Gasteiger partial charge >= 0.3 is 0 Å². The van der Waals surface area contributed by atoms with Crippen molar-refractivity contribution >= 4 is 33.6 Å². The van der Waals surface area contributed by atoms with Crippen molar-refractivity contribution in [2.75, 3.05) is 18.1 Å². The minimum absolute atomic E-state index is 0.0805. The maximum Gasteiger partial charge on any atom is 0.291 e.